The highest BCUT2D eigenvalue weighted by molar-refractivity contribution is 7.13. The maximum Gasteiger partial charge on any atom is 0.236 e. The molecule has 0 aliphatic rings. The summed E-state index contributed by atoms with van der Waals surface area (Å²) in [6.07, 6.45) is 1.66. The summed E-state index contributed by atoms with van der Waals surface area (Å²) < 4.78 is 16.2. The smallest absolute Gasteiger partial charge is 0.236 e. The first-order valence-electron chi connectivity index (χ1n) is 8.94. The zero-order chi connectivity index (χ0) is 19.8. The normalized spacial score (nSPS) is 11.3. The molecule has 2 aromatic heterocycles. The van der Waals surface area contributed by atoms with Gasteiger partial charge >= 0.3 is 0 Å². The number of hydrogen-bond donors (Lipinski definition) is 2. The molecule has 2 N–H and O–H groups in total. The minimum absolute atomic E-state index is 0.474. The standard InChI is InChI=1S/C20H24N4O3S/c1-4-21-20(22-11-14-7-8-16(25-2)10-17(14)26-3)23-12-15-13-27-19(24-15)18-6-5-9-28-18/h5-10,13H,4,11-12H2,1-3H3,(H2,21,22,23). The second-order valence-electron chi connectivity index (χ2n) is 5.85. The summed E-state index contributed by atoms with van der Waals surface area (Å²) in [6, 6.07) is 9.67. The second kappa shape index (κ2) is 9.80. The van der Waals surface area contributed by atoms with Crippen LogP contribution < -0.4 is 20.1 Å². The van der Waals surface area contributed by atoms with Crippen molar-refractivity contribution in [3.63, 3.8) is 0 Å². The Morgan fingerprint density at radius 1 is 1.21 bits per heavy atom. The molecule has 0 radical (unpaired) electrons. The number of aromatic nitrogens is 1. The van der Waals surface area contributed by atoms with E-state index in [9.17, 15) is 0 Å². The van der Waals surface area contributed by atoms with E-state index in [1.54, 1.807) is 31.8 Å². The van der Waals surface area contributed by atoms with Gasteiger partial charge in [-0.1, -0.05) is 6.07 Å². The fraction of sp³-hybridized carbons (Fsp3) is 0.300. The number of nitrogens with zero attached hydrogens (tertiary/aromatic N) is 2. The van der Waals surface area contributed by atoms with Crippen LogP contribution >= 0.6 is 11.3 Å². The Kier molecular flexibility index (Phi) is 6.91. The molecule has 0 fully saturated rings. The Bertz CT molecular complexity index is 906. The minimum Gasteiger partial charge on any atom is -0.497 e. The van der Waals surface area contributed by atoms with Gasteiger partial charge in [0.15, 0.2) is 5.96 Å². The number of methoxy groups -OCH3 is 2. The Labute approximate surface area is 168 Å². The summed E-state index contributed by atoms with van der Waals surface area (Å²) in [5.41, 5.74) is 1.79. The average Bonchev–Trinajstić information content (AvgIpc) is 3.41. The van der Waals surface area contributed by atoms with Crippen LogP contribution in [0.4, 0.5) is 0 Å². The predicted molar refractivity (Wildman–Crippen MR) is 111 cm³/mol. The van der Waals surface area contributed by atoms with Crippen LogP contribution in [-0.2, 0) is 13.1 Å². The molecule has 0 saturated carbocycles. The highest BCUT2D eigenvalue weighted by Crippen LogP contribution is 2.25. The van der Waals surface area contributed by atoms with Crippen LogP contribution in [0.3, 0.4) is 0 Å². The van der Waals surface area contributed by atoms with E-state index in [4.69, 9.17) is 13.9 Å². The topological polar surface area (TPSA) is 80.9 Å². The van der Waals surface area contributed by atoms with E-state index in [-0.39, 0.29) is 0 Å². The Balaban J connectivity index is 1.65. The number of aliphatic imine (C=N–C) groups is 1. The zero-order valence-electron chi connectivity index (χ0n) is 16.2. The van der Waals surface area contributed by atoms with Crippen LogP contribution in [0.15, 0.2) is 51.4 Å². The van der Waals surface area contributed by atoms with E-state index in [0.29, 0.717) is 24.9 Å². The number of benzene rings is 1. The maximum absolute atomic E-state index is 5.55. The molecule has 0 aliphatic carbocycles. The third-order valence-electron chi connectivity index (χ3n) is 3.97. The molecule has 1 aromatic carbocycles. The van der Waals surface area contributed by atoms with Crippen molar-refractivity contribution in [3.05, 3.63) is 53.2 Å². The van der Waals surface area contributed by atoms with Gasteiger partial charge in [0.1, 0.15) is 17.8 Å². The summed E-state index contributed by atoms with van der Waals surface area (Å²) in [6.45, 7) is 3.77. The van der Waals surface area contributed by atoms with Crippen LogP contribution in [0.1, 0.15) is 18.2 Å². The quantitative estimate of drug-likeness (QED) is 0.444. The molecule has 7 nitrogen and oxygen atoms in total. The van der Waals surface area contributed by atoms with E-state index < -0.39 is 0 Å². The van der Waals surface area contributed by atoms with Gasteiger partial charge in [0.05, 0.1) is 37.9 Å². The van der Waals surface area contributed by atoms with Gasteiger partial charge < -0.3 is 24.5 Å². The molecular formula is C20H24N4O3S. The largest absolute Gasteiger partial charge is 0.497 e. The van der Waals surface area contributed by atoms with Crippen LogP contribution in [-0.4, -0.2) is 31.7 Å². The molecule has 2 heterocycles. The van der Waals surface area contributed by atoms with Gasteiger partial charge in [-0.25, -0.2) is 9.98 Å². The molecule has 0 saturated heterocycles. The van der Waals surface area contributed by atoms with Gasteiger partial charge in [-0.2, -0.15) is 0 Å². The van der Waals surface area contributed by atoms with E-state index in [1.807, 2.05) is 42.6 Å². The first-order chi connectivity index (χ1) is 13.7. The molecule has 0 unspecified atom stereocenters. The number of guanidine groups is 1. The van der Waals surface area contributed by atoms with E-state index in [2.05, 4.69) is 20.6 Å². The molecule has 28 heavy (non-hydrogen) atoms. The molecule has 3 aromatic rings. The number of oxazole rings is 1. The van der Waals surface area contributed by atoms with Gasteiger partial charge in [0, 0.05) is 18.2 Å². The van der Waals surface area contributed by atoms with Gasteiger partial charge in [-0.15, -0.1) is 11.3 Å². The van der Waals surface area contributed by atoms with E-state index in [1.165, 1.54) is 0 Å². The summed E-state index contributed by atoms with van der Waals surface area (Å²) in [5, 5.41) is 8.52. The van der Waals surface area contributed by atoms with Crippen molar-refractivity contribution in [2.75, 3.05) is 20.8 Å². The highest BCUT2D eigenvalue weighted by Gasteiger charge is 2.09. The summed E-state index contributed by atoms with van der Waals surface area (Å²) in [4.78, 5) is 10.2. The van der Waals surface area contributed by atoms with Crippen molar-refractivity contribution in [3.8, 4) is 22.3 Å². The SMILES string of the molecule is CCNC(=NCc1ccc(OC)cc1OC)NCc1coc(-c2cccs2)n1. The van der Waals surface area contributed by atoms with Crippen molar-refractivity contribution in [1.82, 2.24) is 15.6 Å². The Morgan fingerprint density at radius 3 is 2.82 bits per heavy atom. The van der Waals surface area contributed by atoms with Crippen LogP contribution in [0.2, 0.25) is 0 Å². The molecule has 0 amide bonds. The Morgan fingerprint density at radius 2 is 2.11 bits per heavy atom. The van der Waals surface area contributed by atoms with Crippen molar-refractivity contribution in [2.45, 2.75) is 20.0 Å². The molecule has 8 heteroatoms. The first-order valence-corrected chi connectivity index (χ1v) is 9.82. The fourth-order valence-electron chi connectivity index (χ4n) is 2.56. The summed E-state index contributed by atoms with van der Waals surface area (Å²) in [5.74, 6) is 2.83. The maximum atomic E-state index is 5.55. The second-order valence-corrected chi connectivity index (χ2v) is 6.80. The van der Waals surface area contributed by atoms with Crippen LogP contribution in [0, 0.1) is 0 Å². The number of hydrogen-bond acceptors (Lipinski definition) is 6. The molecule has 0 atom stereocenters. The summed E-state index contributed by atoms with van der Waals surface area (Å²) in [7, 11) is 3.27. The molecule has 0 aliphatic heterocycles. The lowest BCUT2D eigenvalue weighted by Gasteiger charge is -2.12. The molecule has 3 rings (SSSR count). The van der Waals surface area contributed by atoms with Crippen molar-refractivity contribution in [2.24, 2.45) is 4.99 Å². The lowest BCUT2D eigenvalue weighted by atomic mass is 10.2. The van der Waals surface area contributed by atoms with Crippen molar-refractivity contribution >= 4 is 17.3 Å². The molecule has 0 bridgehead atoms. The third kappa shape index (κ3) is 5.04. The van der Waals surface area contributed by atoms with Gasteiger partial charge in [0.25, 0.3) is 0 Å². The number of ether oxygens (including phenoxy) is 2. The third-order valence-corrected chi connectivity index (χ3v) is 4.82. The summed E-state index contributed by atoms with van der Waals surface area (Å²) >= 11 is 1.60. The fourth-order valence-corrected chi connectivity index (χ4v) is 3.22. The molecular weight excluding hydrogens is 376 g/mol. The molecule has 148 valence electrons. The lowest BCUT2D eigenvalue weighted by molar-refractivity contribution is 0.391. The first kappa shape index (κ1) is 19.8. The predicted octanol–water partition coefficient (Wildman–Crippen LogP) is 3.68. The van der Waals surface area contributed by atoms with Crippen LogP contribution in [0.25, 0.3) is 10.8 Å². The number of nitrogens with one attached hydrogen (secondary N) is 2. The minimum atomic E-state index is 0.474. The van der Waals surface area contributed by atoms with Crippen molar-refractivity contribution in [1.29, 1.82) is 0 Å². The molecule has 0 spiro atoms. The van der Waals surface area contributed by atoms with Gasteiger partial charge in [-0.05, 0) is 30.5 Å². The van der Waals surface area contributed by atoms with E-state index >= 15 is 0 Å². The highest BCUT2D eigenvalue weighted by atomic mass is 32.1. The van der Waals surface area contributed by atoms with Crippen molar-refractivity contribution < 1.29 is 13.9 Å². The monoisotopic (exact) mass is 400 g/mol. The van der Waals surface area contributed by atoms with E-state index in [0.717, 1.165) is 34.2 Å². The lowest BCUT2D eigenvalue weighted by Crippen LogP contribution is -2.36. The Hall–Kier alpha value is -3.00. The average molecular weight is 401 g/mol. The van der Waals surface area contributed by atoms with Gasteiger partial charge in [0.2, 0.25) is 5.89 Å². The zero-order valence-corrected chi connectivity index (χ0v) is 17.0. The van der Waals surface area contributed by atoms with Crippen LogP contribution in [0.5, 0.6) is 11.5 Å². The number of thiophene rings is 1. The van der Waals surface area contributed by atoms with Gasteiger partial charge in [-0.3, -0.25) is 0 Å². The number of rotatable bonds is 8.